The van der Waals surface area contributed by atoms with Crippen molar-refractivity contribution in [2.45, 2.75) is 19.3 Å². The van der Waals surface area contributed by atoms with Crippen LogP contribution in [0.5, 0.6) is 0 Å². The molecule has 0 amide bonds. The zero-order valence-electron chi connectivity index (χ0n) is 10.3. The van der Waals surface area contributed by atoms with Crippen LogP contribution in [0.25, 0.3) is 0 Å². The van der Waals surface area contributed by atoms with Crippen LogP contribution < -0.4 is 5.32 Å². The maximum atomic E-state index is 10.9. The first-order valence-corrected chi connectivity index (χ1v) is 5.75. The number of rotatable bonds is 7. The number of nitrogens with zero attached hydrogens (tertiary/aromatic N) is 1. The van der Waals surface area contributed by atoms with Crippen molar-refractivity contribution < 1.29 is 14.8 Å². The fourth-order valence-electron chi connectivity index (χ4n) is 1.54. The van der Waals surface area contributed by atoms with Crippen LogP contribution in [0.1, 0.15) is 29.6 Å². The Hall–Kier alpha value is -2.55. The second-order valence-corrected chi connectivity index (χ2v) is 3.88. The third-order valence-electron chi connectivity index (χ3n) is 2.50. The van der Waals surface area contributed by atoms with E-state index < -0.39 is 10.9 Å². The highest BCUT2D eigenvalue weighted by Gasteiger charge is 2.16. The number of carbonyl (C=O) groups is 1. The molecule has 0 saturated carbocycles. The summed E-state index contributed by atoms with van der Waals surface area (Å²) in [6.45, 7) is 0.551. The maximum absolute atomic E-state index is 10.9. The Morgan fingerprint density at radius 2 is 2.21 bits per heavy atom. The molecule has 0 fully saturated rings. The summed E-state index contributed by atoms with van der Waals surface area (Å²) in [5, 5.41) is 22.6. The quantitative estimate of drug-likeness (QED) is 0.341. The van der Waals surface area contributed by atoms with E-state index in [-0.39, 0.29) is 11.3 Å². The molecule has 6 nitrogen and oxygen atoms in total. The molecule has 0 aliphatic carbocycles. The van der Waals surface area contributed by atoms with Gasteiger partial charge >= 0.3 is 5.97 Å². The van der Waals surface area contributed by atoms with Gasteiger partial charge in [0.15, 0.2) is 0 Å². The Labute approximate surface area is 110 Å². The van der Waals surface area contributed by atoms with Crippen LogP contribution in [0, 0.1) is 22.5 Å². The average molecular weight is 262 g/mol. The van der Waals surface area contributed by atoms with Gasteiger partial charge < -0.3 is 10.4 Å². The highest BCUT2D eigenvalue weighted by molar-refractivity contribution is 5.89. The Kier molecular flexibility index (Phi) is 5.35. The summed E-state index contributed by atoms with van der Waals surface area (Å²) in [6, 6.07) is 3.79. The van der Waals surface area contributed by atoms with E-state index in [0.717, 1.165) is 18.9 Å². The Morgan fingerprint density at radius 3 is 2.79 bits per heavy atom. The summed E-state index contributed by atoms with van der Waals surface area (Å²) in [5.74, 6) is 1.32. The SMILES string of the molecule is C#CCCCCNc1ccc(C(=O)O)cc1[N+](=O)[O-]. The van der Waals surface area contributed by atoms with Crippen molar-refractivity contribution in [2.75, 3.05) is 11.9 Å². The third kappa shape index (κ3) is 4.32. The van der Waals surface area contributed by atoms with Gasteiger partial charge in [0.25, 0.3) is 5.69 Å². The van der Waals surface area contributed by atoms with Gasteiger partial charge in [0.05, 0.1) is 10.5 Å². The highest BCUT2D eigenvalue weighted by atomic mass is 16.6. The molecule has 0 atom stereocenters. The van der Waals surface area contributed by atoms with Crippen LogP contribution in [0.4, 0.5) is 11.4 Å². The molecule has 0 bridgehead atoms. The summed E-state index contributed by atoms with van der Waals surface area (Å²) >= 11 is 0. The number of carboxylic acids is 1. The summed E-state index contributed by atoms with van der Waals surface area (Å²) in [4.78, 5) is 21.0. The summed E-state index contributed by atoms with van der Waals surface area (Å²) in [6.07, 6.45) is 7.42. The van der Waals surface area contributed by atoms with Gasteiger partial charge in [-0.2, -0.15) is 0 Å². The predicted molar refractivity (Wildman–Crippen MR) is 71.2 cm³/mol. The Bertz CT molecular complexity index is 520. The van der Waals surface area contributed by atoms with Crippen molar-refractivity contribution in [2.24, 2.45) is 0 Å². The number of unbranched alkanes of at least 4 members (excludes halogenated alkanes) is 2. The lowest BCUT2D eigenvalue weighted by Gasteiger charge is -2.07. The molecule has 0 heterocycles. The minimum atomic E-state index is -1.19. The second kappa shape index (κ2) is 7.01. The third-order valence-corrected chi connectivity index (χ3v) is 2.50. The van der Waals surface area contributed by atoms with Crippen molar-refractivity contribution in [1.82, 2.24) is 0 Å². The van der Waals surface area contributed by atoms with Crippen LogP contribution in [0.3, 0.4) is 0 Å². The van der Waals surface area contributed by atoms with Crippen molar-refractivity contribution in [3.8, 4) is 12.3 Å². The largest absolute Gasteiger partial charge is 0.478 e. The number of anilines is 1. The second-order valence-electron chi connectivity index (χ2n) is 3.88. The first kappa shape index (κ1) is 14.5. The molecule has 0 aliphatic rings. The summed E-state index contributed by atoms with van der Waals surface area (Å²) < 4.78 is 0. The van der Waals surface area contributed by atoms with E-state index in [1.165, 1.54) is 12.1 Å². The number of carboxylic acid groups (broad SMARTS) is 1. The lowest BCUT2D eigenvalue weighted by molar-refractivity contribution is -0.384. The smallest absolute Gasteiger partial charge is 0.335 e. The number of benzene rings is 1. The van der Waals surface area contributed by atoms with E-state index in [1.807, 2.05) is 0 Å². The zero-order chi connectivity index (χ0) is 14.3. The first-order chi connectivity index (χ1) is 9.06. The molecule has 0 unspecified atom stereocenters. The Balaban J connectivity index is 2.75. The number of nitro groups is 1. The zero-order valence-corrected chi connectivity index (χ0v) is 10.3. The first-order valence-electron chi connectivity index (χ1n) is 5.75. The molecular formula is C13H14N2O4. The molecule has 0 saturated heterocycles. The predicted octanol–water partition coefficient (Wildman–Crippen LogP) is 2.51. The standard InChI is InChI=1S/C13H14N2O4/c1-2-3-4-5-8-14-11-7-6-10(13(16)17)9-12(11)15(18)19/h1,6-7,9,14H,3-5,8H2,(H,16,17). The van der Waals surface area contributed by atoms with Crippen molar-refractivity contribution in [3.63, 3.8) is 0 Å². The molecule has 1 aromatic rings. The van der Waals surface area contributed by atoms with E-state index >= 15 is 0 Å². The highest BCUT2D eigenvalue weighted by Crippen LogP contribution is 2.25. The summed E-state index contributed by atoms with van der Waals surface area (Å²) in [7, 11) is 0. The van der Waals surface area contributed by atoms with E-state index in [4.69, 9.17) is 11.5 Å². The average Bonchev–Trinajstić information content (AvgIpc) is 2.38. The fraction of sp³-hybridized carbons (Fsp3) is 0.308. The van der Waals surface area contributed by atoms with Gasteiger partial charge in [0.2, 0.25) is 0 Å². The summed E-state index contributed by atoms with van der Waals surface area (Å²) in [5.41, 5.74) is -0.0304. The van der Waals surface area contributed by atoms with E-state index in [1.54, 1.807) is 0 Å². The van der Waals surface area contributed by atoms with Crippen LogP contribution in [-0.4, -0.2) is 22.5 Å². The number of aromatic carboxylic acids is 1. The van der Waals surface area contributed by atoms with Gasteiger partial charge in [-0.15, -0.1) is 12.3 Å². The van der Waals surface area contributed by atoms with Crippen LogP contribution in [0.15, 0.2) is 18.2 Å². The fourth-order valence-corrected chi connectivity index (χ4v) is 1.54. The number of terminal acetylenes is 1. The van der Waals surface area contributed by atoms with Gasteiger partial charge in [0.1, 0.15) is 5.69 Å². The van der Waals surface area contributed by atoms with Gasteiger partial charge in [-0.3, -0.25) is 10.1 Å². The Morgan fingerprint density at radius 1 is 1.47 bits per heavy atom. The number of nitro benzene ring substituents is 1. The molecular weight excluding hydrogens is 248 g/mol. The van der Waals surface area contributed by atoms with E-state index in [2.05, 4.69) is 11.2 Å². The lowest BCUT2D eigenvalue weighted by atomic mass is 10.1. The minimum absolute atomic E-state index is 0.107. The van der Waals surface area contributed by atoms with E-state index in [9.17, 15) is 14.9 Å². The van der Waals surface area contributed by atoms with Crippen LogP contribution in [0.2, 0.25) is 0 Å². The van der Waals surface area contributed by atoms with Crippen molar-refractivity contribution in [1.29, 1.82) is 0 Å². The number of hydrogen-bond donors (Lipinski definition) is 2. The van der Waals surface area contributed by atoms with Crippen molar-refractivity contribution >= 4 is 17.3 Å². The topological polar surface area (TPSA) is 92.5 Å². The molecule has 0 aromatic heterocycles. The molecule has 0 radical (unpaired) electrons. The molecule has 1 rings (SSSR count). The molecule has 2 N–H and O–H groups in total. The monoisotopic (exact) mass is 262 g/mol. The van der Waals surface area contributed by atoms with Crippen LogP contribution >= 0.6 is 0 Å². The van der Waals surface area contributed by atoms with Crippen LogP contribution in [-0.2, 0) is 0 Å². The van der Waals surface area contributed by atoms with Gasteiger partial charge in [-0.1, -0.05) is 0 Å². The van der Waals surface area contributed by atoms with Gasteiger partial charge in [0, 0.05) is 19.0 Å². The van der Waals surface area contributed by atoms with Gasteiger partial charge in [-0.05, 0) is 25.0 Å². The minimum Gasteiger partial charge on any atom is -0.478 e. The molecule has 0 spiro atoms. The molecule has 6 heteroatoms. The van der Waals surface area contributed by atoms with Crippen molar-refractivity contribution in [3.05, 3.63) is 33.9 Å². The van der Waals surface area contributed by atoms with E-state index in [0.29, 0.717) is 18.7 Å². The number of hydrogen-bond acceptors (Lipinski definition) is 4. The molecule has 100 valence electrons. The maximum Gasteiger partial charge on any atom is 0.335 e. The molecule has 1 aromatic carbocycles. The van der Waals surface area contributed by atoms with Gasteiger partial charge in [-0.25, -0.2) is 4.79 Å². The molecule has 0 aliphatic heterocycles. The molecule has 19 heavy (non-hydrogen) atoms. The normalized spacial score (nSPS) is 9.63. The lowest BCUT2D eigenvalue weighted by Crippen LogP contribution is -2.06. The number of nitrogens with one attached hydrogen (secondary N) is 1.